The molecule has 144 valence electrons. The Balaban J connectivity index is 2.11. The fraction of sp³-hybridized carbons (Fsp3) is 0.222. The Labute approximate surface area is 156 Å². The number of aliphatic carboxylic acids is 1. The number of hydrogen-bond acceptors (Lipinski definition) is 6. The second kappa shape index (κ2) is 9.15. The number of carbonyl (C=O) groups excluding carboxylic acids is 1. The molecule has 9 heteroatoms. The van der Waals surface area contributed by atoms with Gasteiger partial charge in [0.25, 0.3) is 0 Å². The molecular formula is C18H19NO7S. The number of esters is 1. The van der Waals surface area contributed by atoms with E-state index < -0.39 is 34.7 Å². The molecule has 0 amide bonds. The van der Waals surface area contributed by atoms with Crippen LogP contribution in [0.4, 0.5) is 0 Å². The zero-order chi connectivity index (χ0) is 19.9. The van der Waals surface area contributed by atoms with Crippen molar-refractivity contribution in [1.29, 1.82) is 0 Å². The number of hydrogen-bond donors (Lipinski definition) is 2. The molecule has 0 saturated heterocycles. The molecule has 0 aliphatic heterocycles. The Morgan fingerprint density at radius 1 is 1.07 bits per heavy atom. The highest BCUT2D eigenvalue weighted by atomic mass is 32.2. The number of rotatable bonds is 9. The van der Waals surface area contributed by atoms with Gasteiger partial charge in [-0.3, -0.25) is 4.79 Å². The van der Waals surface area contributed by atoms with Crippen molar-refractivity contribution >= 4 is 22.0 Å². The van der Waals surface area contributed by atoms with Gasteiger partial charge in [-0.1, -0.05) is 30.3 Å². The first kappa shape index (κ1) is 20.4. The van der Waals surface area contributed by atoms with Crippen LogP contribution in [0.5, 0.6) is 5.75 Å². The zero-order valence-corrected chi connectivity index (χ0v) is 15.3. The predicted octanol–water partition coefficient (Wildman–Crippen LogP) is 1.73. The number of carboxylic acids is 1. The van der Waals surface area contributed by atoms with Crippen LogP contribution < -0.4 is 9.46 Å². The SMILES string of the molecule is CC(=O)OC(CNS(=O)(=O)c1ccccc1)c1ccc(OCC(=O)O)cc1. The van der Waals surface area contributed by atoms with Crippen LogP contribution in [0.3, 0.4) is 0 Å². The Morgan fingerprint density at radius 2 is 1.70 bits per heavy atom. The summed E-state index contributed by atoms with van der Waals surface area (Å²) in [4.78, 5) is 22.0. The van der Waals surface area contributed by atoms with E-state index in [1.54, 1.807) is 30.3 Å². The van der Waals surface area contributed by atoms with Gasteiger partial charge in [0.2, 0.25) is 10.0 Å². The first-order valence-corrected chi connectivity index (χ1v) is 9.43. The van der Waals surface area contributed by atoms with Crippen LogP contribution in [0.25, 0.3) is 0 Å². The van der Waals surface area contributed by atoms with E-state index >= 15 is 0 Å². The molecule has 0 heterocycles. The summed E-state index contributed by atoms with van der Waals surface area (Å²) in [6, 6.07) is 14.0. The molecule has 0 bridgehead atoms. The lowest BCUT2D eigenvalue weighted by Crippen LogP contribution is -2.30. The van der Waals surface area contributed by atoms with Crippen LogP contribution >= 0.6 is 0 Å². The van der Waals surface area contributed by atoms with Crippen molar-refractivity contribution in [2.75, 3.05) is 13.2 Å². The van der Waals surface area contributed by atoms with Crippen LogP contribution in [0.15, 0.2) is 59.5 Å². The number of ether oxygens (including phenoxy) is 2. The van der Waals surface area contributed by atoms with E-state index in [1.165, 1.54) is 31.2 Å². The van der Waals surface area contributed by atoms with Gasteiger partial charge in [-0.15, -0.1) is 0 Å². The van der Waals surface area contributed by atoms with Crippen molar-refractivity contribution in [3.05, 3.63) is 60.2 Å². The number of sulfonamides is 1. The molecule has 1 atom stereocenters. The van der Waals surface area contributed by atoms with E-state index in [0.29, 0.717) is 11.3 Å². The van der Waals surface area contributed by atoms with Crippen molar-refractivity contribution in [2.24, 2.45) is 0 Å². The molecule has 0 aliphatic carbocycles. The lowest BCUT2D eigenvalue weighted by atomic mass is 10.1. The minimum atomic E-state index is -3.76. The standard InChI is InChI=1S/C18H19NO7S/c1-13(20)26-17(11-19-27(23,24)16-5-3-2-4-6-16)14-7-9-15(10-8-14)25-12-18(21)22/h2-10,17,19H,11-12H2,1H3,(H,21,22). The maximum absolute atomic E-state index is 12.3. The highest BCUT2D eigenvalue weighted by Crippen LogP contribution is 2.21. The Morgan fingerprint density at radius 3 is 2.26 bits per heavy atom. The van der Waals surface area contributed by atoms with Crippen LogP contribution in [0, 0.1) is 0 Å². The predicted molar refractivity (Wildman–Crippen MR) is 95.7 cm³/mol. The van der Waals surface area contributed by atoms with E-state index in [9.17, 15) is 18.0 Å². The second-order valence-electron chi connectivity index (χ2n) is 5.51. The largest absolute Gasteiger partial charge is 0.482 e. The topological polar surface area (TPSA) is 119 Å². The first-order chi connectivity index (χ1) is 12.8. The van der Waals surface area contributed by atoms with Gasteiger partial charge in [-0.05, 0) is 29.8 Å². The van der Waals surface area contributed by atoms with Gasteiger partial charge in [-0.25, -0.2) is 17.9 Å². The molecule has 2 aromatic carbocycles. The number of nitrogens with one attached hydrogen (secondary N) is 1. The van der Waals surface area contributed by atoms with Gasteiger partial charge in [-0.2, -0.15) is 0 Å². The summed E-state index contributed by atoms with van der Waals surface area (Å²) >= 11 is 0. The Hall–Kier alpha value is -2.91. The first-order valence-electron chi connectivity index (χ1n) is 7.94. The van der Waals surface area contributed by atoms with Crippen molar-refractivity contribution in [3.8, 4) is 5.75 Å². The highest BCUT2D eigenvalue weighted by Gasteiger charge is 2.20. The van der Waals surface area contributed by atoms with Crippen LogP contribution in [-0.2, 0) is 24.3 Å². The van der Waals surface area contributed by atoms with E-state index in [0.717, 1.165) is 0 Å². The molecule has 0 saturated carbocycles. The van der Waals surface area contributed by atoms with Gasteiger partial charge in [0.15, 0.2) is 6.61 Å². The molecular weight excluding hydrogens is 374 g/mol. The summed E-state index contributed by atoms with van der Waals surface area (Å²) in [5.74, 6) is -1.34. The maximum Gasteiger partial charge on any atom is 0.341 e. The lowest BCUT2D eigenvalue weighted by Gasteiger charge is -2.18. The van der Waals surface area contributed by atoms with Gasteiger partial charge in [0.1, 0.15) is 11.9 Å². The van der Waals surface area contributed by atoms with E-state index in [2.05, 4.69) is 4.72 Å². The van der Waals surface area contributed by atoms with Gasteiger partial charge in [0, 0.05) is 6.92 Å². The normalized spacial score (nSPS) is 12.2. The molecule has 0 radical (unpaired) electrons. The van der Waals surface area contributed by atoms with Crippen molar-refractivity contribution < 1.29 is 32.6 Å². The summed E-state index contributed by atoms with van der Waals surface area (Å²) < 4.78 is 37.3. The minimum absolute atomic E-state index is 0.101. The minimum Gasteiger partial charge on any atom is -0.482 e. The van der Waals surface area contributed by atoms with E-state index in [-0.39, 0.29) is 11.4 Å². The van der Waals surface area contributed by atoms with E-state index in [1.807, 2.05) is 0 Å². The third kappa shape index (κ3) is 6.39. The molecule has 0 aromatic heterocycles. The third-order valence-corrected chi connectivity index (χ3v) is 4.87. The van der Waals surface area contributed by atoms with Crippen LogP contribution in [-0.4, -0.2) is 38.6 Å². The lowest BCUT2D eigenvalue weighted by molar-refractivity contribution is -0.146. The van der Waals surface area contributed by atoms with E-state index in [4.69, 9.17) is 14.6 Å². The summed E-state index contributed by atoms with van der Waals surface area (Å²) in [7, 11) is -3.76. The number of carboxylic acid groups (broad SMARTS) is 1. The molecule has 2 N–H and O–H groups in total. The highest BCUT2D eigenvalue weighted by molar-refractivity contribution is 7.89. The fourth-order valence-corrected chi connectivity index (χ4v) is 3.27. The summed E-state index contributed by atoms with van der Waals surface area (Å²) in [6.07, 6.45) is -0.852. The molecule has 0 aliphatic rings. The Bertz CT molecular complexity index is 880. The molecule has 27 heavy (non-hydrogen) atoms. The van der Waals surface area contributed by atoms with Crippen LogP contribution in [0.2, 0.25) is 0 Å². The monoisotopic (exact) mass is 393 g/mol. The summed E-state index contributed by atoms with van der Waals surface area (Å²) in [5, 5.41) is 8.61. The van der Waals surface area contributed by atoms with Crippen molar-refractivity contribution in [2.45, 2.75) is 17.9 Å². The Kier molecular flexibility index (Phi) is 6.91. The molecule has 0 fully saturated rings. The van der Waals surface area contributed by atoms with Gasteiger partial charge >= 0.3 is 11.9 Å². The van der Waals surface area contributed by atoms with Crippen LogP contribution in [0.1, 0.15) is 18.6 Å². The maximum atomic E-state index is 12.3. The van der Waals surface area contributed by atoms with Crippen molar-refractivity contribution in [3.63, 3.8) is 0 Å². The zero-order valence-electron chi connectivity index (χ0n) is 14.5. The molecule has 8 nitrogen and oxygen atoms in total. The quantitative estimate of drug-likeness (QED) is 0.623. The molecule has 2 rings (SSSR count). The third-order valence-electron chi connectivity index (χ3n) is 3.43. The van der Waals surface area contributed by atoms with Gasteiger partial charge in [0.05, 0.1) is 11.4 Å². The van der Waals surface area contributed by atoms with Crippen molar-refractivity contribution in [1.82, 2.24) is 4.72 Å². The molecule has 0 spiro atoms. The smallest absolute Gasteiger partial charge is 0.341 e. The molecule has 2 aromatic rings. The average Bonchev–Trinajstić information content (AvgIpc) is 2.64. The number of carbonyl (C=O) groups is 2. The summed E-state index contributed by atoms with van der Waals surface area (Å²) in [6.45, 7) is 0.582. The molecule has 1 unspecified atom stereocenters. The summed E-state index contributed by atoms with van der Waals surface area (Å²) in [5.41, 5.74) is 0.531. The average molecular weight is 393 g/mol. The number of benzene rings is 2. The van der Waals surface area contributed by atoms with Gasteiger partial charge < -0.3 is 14.6 Å². The fourth-order valence-electron chi connectivity index (χ4n) is 2.22. The second-order valence-corrected chi connectivity index (χ2v) is 7.28.